The van der Waals surface area contributed by atoms with Crippen molar-refractivity contribution in [1.29, 1.82) is 0 Å². The fraction of sp³-hybridized carbons (Fsp3) is 0.345. The lowest BCUT2D eigenvalue weighted by Gasteiger charge is -2.40. The number of benzene rings is 2. The lowest BCUT2D eigenvalue weighted by Crippen LogP contribution is -2.52. The summed E-state index contributed by atoms with van der Waals surface area (Å²) < 4.78 is 84.2. The number of pyridine rings is 1. The van der Waals surface area contributed by atoms with E-state index < -0.39 is 76.8 Å². The van der Waals surface area contributed by atoms with E-state index >= 15 is 0 Å². The van der Waals surface area contributed by atoms with Gasteiger partial charge in [-0.15, -0.1) is 11.6 Å². The first-order chi connectivity index (χ1) is 19.8. The minimum absolute atomic E-state index is 0.123. The molecule has 1 fully saturated rings. The lowest BCUT2D eigenvalue weighted by atomic mass is 9.77. The van der Waals surface area contributed by atoms with Crippen molar-refractivity contribution in [1.82, 2.24) is 10.3 Å². The molecule has 2 heterocycles. The maximum Gasteiger partial charge on any atom is 0.416 e. The number of amides is 2. The molecule has 0 unspecified atom stereocenters. The molecule has 42 heavy (non-hydrogen) atoms. The summed E-state index contributed by atoms with van der Waals surface area (Å²) in [6, 6.07) is 9.01. The number of nitrogens with one attached hydrogen (secondary N) is 1. The zero-order chi connectivity index (χ0) is 30.4. The van der Waals surface area contributed by atoms with Crippen LogP contribution in [0, 0.1) is 17.7 Å². The van der Waals surface area contributed by atoms with Crippen molar-refractivity contribution in [2.45, 2.75) is 42.5 Å². The highest BCUT2D eigenvalue weighted by molar-refractivity contribution is 6.21. The van der Waals surface area contributed by atoms with E-state index in [1.54, 1.807) is 0 Å². The van der Waals surface area contributed by atoms with Crippen molar-refractivity contribution in [3.63, 3.8) is 0 Å². The molecule has 13 heteroatoms. The van der Waals surface area contributed by atoms with Gasteiger partial charge in [-0.2, -0.15) is 13.2 Å². The molecule has 1 aliphatic heterocycles. The molecule has 0 bridgehead atoms. The van der Waals surface area contributed by atoms with Gasteiger partial charge in [-0.25, -0.2) is 13.2 Å². The first-order valence-electron chi connectivity index (χ1n) is 13.0. The van der Waals surface area contributed by atoms with Gasteiger partial charge >= 0.3 is 6.18 Å². The minimum Gasteiger partial charge on any atom is -0.372 e. The molecule has 6 nitrogen and oxygen atoms in total. The minimum atomic E-state index is -4.80. The van der Waals surface area contributed by atoms with Gasteiger partial charge in [-0.3, -0.25) is 14.6 Å². The second-order valence-electron chi connectivity index (χ2n) is 10.4. The Morgan fingerprint density at radius 2 is 1.86 bits per heavy atom. The molecule has 2 N–H and O–H groups in total. The topological polar surface area (TPSA) is 82.5 Å². The summed E-state index contributed by atoms with van der Waals surface area (Å²) in [5.41, 5.74) is -4.70. The van der Waals surface area contributed by atoms with E-state index in [9.17, 15) is 41.0 Å². The number of fused-ring (bicyclic) bond motifs is 1. The smallest absolute Gasteiger partial charge is 0.372 e. The molecular weight excluding hydrogens is 588 g/mol. The Morgan fingerprint density at radius 3 is 2.50 bits per heavy atom. The molecule has 1 aliphatic carbocycles. The fourth-order valence-corrected chi connectivity index (χ4v) is 6.12. The van der Waals surface area contributed by atoms with Crippen molar-refractivity contribution in [2.24, 2.45) is 11.8 Å². The Labute approximate surface area is 241 Å². The Balaban J connectivity index is 1.46. The number of carbonyl (C=O) groups excluding carboxylic acids is 2. The highest BCUT2D eigenvalue weighted by Gasteiger charge is 2.54. The van der Waals surface area contributed by atoms with Gasteiger partial charge in [0.2, 0.25) is 6.43 Å². The number of alkyl halides is 6. The molecule has 1 aromatic heterocycles. The average Bonchev–Trinajstić information content (AvgIpc) is 3.16. The summed E-state index contributed by atoms with van der Waals surface area (Å²) in [5.74, 6) is -4.98. The van der Waals surface area contributed by atoms with Gasteiger partial charge in [0, 0.05) is 47.4 Å². The molecular formula is C29H24ClF6N3O3. The number of anilines is 1. The predicted octanol–water partition coefficient (Wildman–Crippen LogP) is 5.52. The summed E-state index contributed by atoms with van der Waals surface area (Å²) in [6.45, 7) is -0.426. The standard InChI is InChI=1S/C29H24ClF6N3O3/c30-21-12-23(38-26(40)15-4-3-9-37-13-15)18(25(32)33)10-16(21)14-39-24-11-17(29(34,35)36)7-8-20(24)28(42,27(39)41)19-5-1-2-6-22(19)31/h1-9,11,13,16,18,21,23,25,42H,10,12,14H2,(H,38,40)/t16-,18-,21-,23-,28+/m1/s1. The van der Waals surface area contributed by atoms with Gasteiger partial charge in [-0.05, 0) is 49.1 Å². The molecule has 5 atom stereocenters. The molecule has 2 amide bonds. The van der Waals surface area contributed by atoms with E-state index in [-0.39, 0.29) is 29.7 Å². The van der Waals surface area contributed by atoms with Crippen LogP contribution >= 0.6 is 11.6 Å². The molecule has 222 valence electrons. The predicted molar refractivity (Wildman–Crippen MR) is 141 cm³/mol. The van der Waals surface area contributed by atoms with Crippen LogP contribution in [0.4, 0.5) is 32.0 Å². The largest absolute Gasteiger partial charge is 0.416 e. The van der Waals surface area contributed by atoms with Crippen molar-refractivity contribution >= 4 is 29.1 Å². The lowest BCUT2D eigenvalue weighted by molar-refractivity contribution is -0.137. The van der Waals surface area contributed by atoms with Crippen LogP contribution in [0.3, 0.4) is 0 Å². The highest BCUT2D eigenvalue weighted by atomic mass is 35.5. The van der Waals surface area contributed by atoms with Crippen LogP contribution in [0.2, 0.25) is 0 Å². The van der Waals surface area contributed by atoms with Crippen LogP contribution in [0.15, 0.2) is 67.0 Å². The van der Waals surface area contributed by atoms with Crippen LogP contribution in [0.25, 0.3) is 0 Å². The second kappa shape index (κ2) is 11.2. The number of halogens is 7. The Hall–Kier alpha value is -3.64. The fourth-order valence-electron chi connectivity index (χ4n) is 5.74. The number of carbonyl (C=O) groups is 2. The molecule has 2 aromatic carbocycles. The average molecular weight is 612 g/mol. The summed E-state index contributed by atoms with van der Waals surface area (Å²) >= 11 is 6.60. The summed E-state index contributed by atoms with van der Waals surface area (Å²) in [7, 11) is 0. The number of rotatable bonds is 6. The van der Waals surface area contributed by atoms with E-state index in [4.69, 9.17) is 11.6 Å². The van der Waals surface area contributed by atoms with Gasteiger partial charge in [0.25, 0.3) is 11.8 Å². The number of hydrogen-bond donors (Lipinski definition) is 2. The van der Waals surface area contributed by atoms with Crippen LogP contribution in [-0.2, 0) is 16.6 Å². The van der Waals surface area contributed by atoms with E-state index in [2.05, 4.69) is 10.3 Å². The third-order valence-electron chi connectivity index (χ3n) is 7.89. The maximum atomic E-state index is 14.8. The van der Waals surface area contributed by atoms with Gasteiger partial charge in [0.1, 0.15) is 5.82 Å². The first-order valence-corrected chi connectivity index (χ1v) is 13.4. The van der Waals surface area contributed by atoms with Crippen molar-refractivity contribution in [3.8, 4) is 0 Å². The zero-order valence-electron chi connectivity index (χ0n) is 21.7. The number of nitrogens with zero attached hydrogens (tertiary/aromatic N) is 2. The van der Waals surface area contributed by atoms with Crippen molar-refractivity contribution in [2.75, 3.05) is 11.4 Å². The second-order valence-corrected chi connectivity index (χ2v) is 11.0. The van der Waals surface area contributed by atoms with E-state index in [1.165, 1.54) is 36.7 Å². The van der Waals surface area contributed by atoms with E-state index in [0.717, 1.165) is 23.1 Å². The third kappa shape index (κ3) is 5.33. The van der Waals surface area contributed by atoms with Crippen LogP contribution in [0.5, 0.6) is 0 Å². The zero-order valence-corrected chi connectivity index (χ0v) is 22.4. The highest BCUT2D eigenvalue weighted by Crippen LogP contribution is 2.48. The van der Waals surface area contributed by atoms with E-state index in [0.29, 0.717) is 12.1 Å². The number of aromatic nitrogens is 1. The Bertz CT molecular complexity index is 1490. The van der Waals surface area contributed by atoms with Crippen LogP contribution < -0.4 is 10.2 Å². The SMILES string of the molecule is O=C(N[C@@H]1C[C@@H](Cl)[C@@H](CN2C(=O)[C@](O)(c3ccccc3F)c3ccc(C(F)(F)F)cc32)C[C@H]1C(F)F)c1cccnc1. The summed E-state index contributed by atoms with van der Waals surface area (Å²) in [5, 5.41) is 13.3. The molecule has 3 aromatic rings. The van der Waals surface area contributed by atoms with Crippen molar-refractivity contribution in [3.05, 3.63) is 95.1 Å². The quantitative estimate of drug-likeness (QED) is 0.284. The maximum absolute atomic E-state index is 14.8. The van der Waals surface area contributed by atoms with Crippen molar-refractivity contribution < 1.29 is 41.0 Å². The van der Waals surface area contributed by atoms with Gasteiger partial charge in [0.05, 0.1) is 16.8 Å². The Kier molecular flexibility index (Phi) is 7.97. The van der Waals surface area contributed by atoms with Gasteiger partial charge in [-0.1, -0.05) is 24.3 Å². The van der Waals surface area contributed by atoms with E-state index in [1.807, 2.05) is 0 Å². The van der Waals surface area contributed by atoms with Gasteiger partial charge < -0.3 is 15.3 Å². The summed E-state index contributed by atoms with van der Waals surface area (Å²) in [6.07, 6.45) is -5.39. The first kappa shape index (κ1) is 29.8. The molecule has 1 saturated carbocycles. The Morgan fingerprint density at radius 1 is 1.12 bits per heavy atom. The molecule has 0 spiro atoms. The number of aliphatic hydroxyl groups is 1. The third-order valence-corrected chi connectivity index (χ3v) is 8.42. The monoisotopic (exact) mass is 611 g/mol. The van der Waals surface area contributed by atoms with Gasteiger partial charge in [0.15, 0.2) is 5.60 Å². The molecule has 5 rings (SSSR count). The van der Waals surface area contributed by atoms with Crippen LogP contribution in [0.1, 0.15) is 39.9 Å². The van der Waals surface area contributed by atoms with Crippen LogP contribution in [-0.4, -0.2) is 46.3 Å². The molecule has 0 saturated heterocycles. The normalized spacial score (nSPS) is 25.9. The summed E-state index contributed by atoms with van der Waals surface area (Å²) in [4.78, 5) is 31.1. The molecule has 0 radical (unpaired) electrons. The molecule has 2 aliphatic rings. The number of hydrogen-bond acceptors (Lipinski definition) is 4.